The molecule has 2 fully saturated rings. The molecule has 1 N–H and O–H groups in total. The van der Waals surface area contributed by atoms with Crippen molar-refractivity contribution in [2.75, 3.05) is 33.3 Å². The highest BCUT2D eigenvalue weighted by atomic mass is 16.5. The highest BCUT2D eigenvalue weighted by Gasteiger charge is 2.50. The highest BCUT2D eigenvalue weighted by molar-refractivity contribution is 5.03. The summed E-state index contributed by atoms with van der Waals surface area (Å²) in [7, 11) is 1.84. The highest BCUT2D eigenvalue weighted by Crippen LogP contribution is 2.45. The van der Waals surface area contributed by atoms with E-state index in [0.717, 1.165) is 12.6 Å². The van der Waals surface area contributed by atoms with Crippen LogP contribution in [0.5, 0.6) is 0 Å². The first kappa shape index (κ1) is 11.4. The Kier molecular flexibility index (Phi) is 3.33. The molecule has 1 saturated carbocycles. The normalized spacial score (nSPS) is 37.0. The zero-order valence-corrected chi connectivity index (χ0v) is 10.3. The Labute approximate surface area is 93.2 Å². The van der Waals surface area contributed by atoms with E-state index >= 15 is 0 Å². The van der Waals surface area contributed by atoms with E-state index in [4.69, 9.17) is 4.74 Å². The van der Waals surface area contributed by atoms with E-state index in [2.05, 4.69) is 24.1 Å². The van der Waals surface area contributed by atoms with Gasteiger partial charge >= 0.3 is 0 Å². The predicted molar refractivity (Wildman–Crippen MR) is 62.0 cm³/mol. The van der Waals surface area contributed by atoms with Gasteiger partial charge < -0.3 is 10.1 Å². The van der Waals surface area contributed by atoms with Gasteiger partial charge in [-0.2, -0.15) is 0 Å². The molecule has 0 aromatic carbocycles. The van der Waals surface area contributed by atoms with Crippen LogP contribution in [0.15, 0.2) is 0 Å². The minimum atomic E-state index is 0.332. The van der Waals surface area contributed by atoms with Crippen LogP contribution in [0.25, 0.3) is 0 Å². The van der Waals surface area contributed by atoms with Crippen LogP contribution in [0.2, 0.25) is 0 Å². The maximum absolute atomic E-state index is 5.51. The van der Waals surface area contributed by atoms with E-state index < -0.39 is 0 Å². The van der Waals surface area contributed by atoms with Crippen molar-refractivity contribution in [1.29, 1.82) is 0 Å². The minimum Gasteiger partial charge on any atom is -0.381 e. The van der Waals surface area contributed by atoms with Gasteiger partial charge in [0.1, 0.15) is 0 Å². The predicted octanol–water partition coefficient (Wildman–Crippen LogP) is 1.10. The van der Waals surface area contributed by atoms with Crippen molar-refractivity contribution in [2.24, 2.45) is 5.41 Å². The van der Waals surface area contributed by atoms with Crippen LogP contribution in [0.4, 0.5) is 0 Å². The summed E-state index contributed by atoms with van der Waals surface area (Å²) in [5.74, 6) is 0. The second-order valence-corrected chi connectivity index (χ2v) is 5.44. The Bertz CT molecular complexity index is 210. The lowest BCUT2D eigenvalue weighted by molar-refractivity contribution is -0.136. The number of nitrogens with zero attached hydrogens (tertiary/aromatic N) is 1. The average Bonchev–Trinajstić information content (AvgIpc) is 2.45. The van der Waals surface area contributed by atoms with E-state index in [0.29, 0.717) is 11.5 Å². The van der Waals surface area contributed by atoms with Gasteiger partial charge in [-0.15, -0.1) is 0 Å². The molecule has 1 aliphatic carbocycles. The Morgan fingerprint density at radius 2 is 2.07 bits per heavy atom. The first-order valence-electron chi connectivity index (χ1n) is 6.14. The lowest BCUT2D eigenvalue weighted by Gasteiger charge is -2.55. The van der Waals surface area contributed by atoms with Crippen LogP contribution in [0, 0.1) is 5.41 Å². The molecule has 3 heteroatoms. The topological polar surface area (TPSA) is 24.5 Å². The molecule has 2 atom stereocenters. The molecule has 2 aliphatic rings. The molecule has 0 radical (unpaired) electrons. The van der Waals surface area contributed by atoms with Crippen molar-refractivity contribution >= 4 is 0 Å². The second kappa shape index (κ2) is 4.40. The average molecular weight is 212 g/mol. The molecule has 1 aliphatic heterocycles. The SMILES string of the molecule is COC1CC(N2CCCNCC2)C1(C)C. The second-order valence-electron chi connectivity index (χ2n) is 5.44. The molecule has 2 rings (SSSR count). The molecule has 0 aromatic heterocycles. The third-order valence-electron chi connectivity index (χ3n) is 4.23. The molecule has 15 heavy (non-hydrogen) atoms. The fourth-order valence-electron chi connectivity index (χ4n) is 3.06. The summed E-state index contributed by atoms with van der Waals surface area (Å²) in [6, 6.07) is 0.724. The molecule has 1 heterocycles. The monoisotopic (exact) mass is 212 g/mol. The van der Waals surface area contributed by atoms with Gasteiger partial charge in [0.05, 0.1) is 6.10 Å². The molecule has 0 bridgehead atoms. The van der Waals surface area contributed by atoms with Crippen LogP contribution in [0.3, 0.4) is 0 Å². The Balaban J connectivity index is 1.94. The maximum Gasteiger partial charge on any atom is 0.0652 e. The summed E-state index contributed by atoms with van der Waals surface area (Å²) in [6.07, 6.45) is 2.95. The number of methoxy groups -OCH3 is 1. The van der Waals surface area contributed by atoms with Crippen LogP contribution >= 0.6 is 0 Å². The summed E-state index contributed by atoms with van der Waals surface area (Å²) in [6.45, 7) is 9.45. The number of nitrogens with one attached hydrogen (secondary N) is 1. The van der Waals surface area contributed by atoms with E-state index in [-0.39, 0.29) is 0 Å². The zero-order chi connectivity index (χ0) is 10.9. The number of ether oxygens (including phenoxy) is 1. The van der Waals surface area contributed by atoms with Crippen molar-refractivity contribution < 1.29 is 4.74 Å². The van der Waals surface area contributed by atoms with Gasteiger partial charge in [-0.1, -0.05) is 13.8 Å². The molecule has 2 unspecified atom stereocenters. The van der Waals surface area contributed by atoms with Gasteiger partial charge in [-0.25, -0.2) is 0 Å². The van der Waals surface area contributed by atoms with Gasteiger partial charge in [0.2, 0.25) is 0 Å². The standard InChI is InChI=1S/C12H24N2O/c1-12(2)10(9-11(12)15-3)14-7-4-5-13-6-8-14/h10-11,13H,4-9H2,1-3H3. The smallest absolute Gasteiger partial charge is 0.0652 e. The summed E-state index contributed by atoms with van der Waals surface area (Å²) in [5.41, 5.74) is 0.332. The van der Waals surface area contributed by atoms with Gasteiger partial charge in [0, 0.05) is 31.7 Å². The van der Waals surface area contributed by atoms with Crippen molar-refractivity contribution in [2.45, 2.75) is 38.8 Å². The lowest BCUT2D eigenvalue weighted by atomic mass is 9.63. The van der Waals surface area contributed by atoms with Crippen molar-refractivity contribution in [1.82, 2.24) is 10.2 Å². The quantitative estimate of drug-likeness (QED) is 0.742. The molecular weight excluding hydrogens is 188 g/mol. The summed E-state index contributed by atoms with van der Waals surface area (Å²) in [4.78, 5) is 2.65. The molecule has 88 valence electrons. The van der Waals surface area contributed by atoms with Crippen LogP contribution < -0.4 is 5.32 Å². The summed E-state index contributed by atoms with van der Waals surface area (Å²) >= 11 is 0. The van der Waals surface area contributed by atoms with Gasteiger partial charge in [-0.05, 0) is 25.9 Å². The molecule has 1 saturated heterocycles. The van der Waals surface area contributed by atoms with Crippen molar-refractivity contribution in [3.63, 3.8) is 0 Å². The molecular formula is C12H24N2O. The molecule has 3 nitrogen and oxygen atoms in total. The van der Waals surface area contributed by atoms with Gasteiger partial charge in [-0.3, -0.25) is 4.90 Å². The Morgan fingerprint density at radius 3 is 2.73 bits per heavy atom. The number of hydrogen-bond acceptors (Lipinski definition) is 3. The van der Waals surface area contributed by atoms with E-state index in [1.54, 1.807) is 0 Å². The van der Waals surface area contributed by atoms with E-state index in [1.165, 1.54) is 32.5 Å². The van der Waals surface area contributed by atoms with Gasteiger partial charge in [0.25, 0.3) is 0 Å². The minimum absolute atomic E-state index is 0.332. The van der Waals surface area contributed by atoms with Crippen LogP contribution in [-0.4, -0.2) is 50.3 Å². The zero-order valence-electron chi connectivity index (χ0n) is 10.3. The van der Waals surface area contributed by atoms with Crippen LogP contribution in [0.1, 0.15) is 26.7 Å². The number of rotatable bonds is 2. The fraction of sp³-hybridized carbons (Fsp3) is 1.00. The first-order chi connectivity index (χ1) is 7.16. The lowest BCUT2D eigenvalue weighted by Crippen LogP contribution is -2.62. The van der Waals surface area contributed by atoms with Gasteiger partial charge in [0.15, 0.2) is 0 Å². The Hall–Kier alpha value is -0.120. The van der Waals surface area contributed by atoms with E-state index in [9.17, 15) is 0 Å². The maximum atomic E-state index is 5.51. The molecule has 0 aromatic rings. The fourth-order valence-corrected chi connectivity index (χ4v) is 3.06. The Morgan fingerprint density at radius 1 is 1.27 bits per heavy atom. The van der Waals surface area contributed by atoms with Crippen molar-refractivity contribution in [3.05, 3.63) is 0 Å². The molecule has 0 spiro atoms. The third-order valence-corrected chi connectivity index (χ3v) is 4.23. The summed E-state index contributed by atoms with van der Waals surface area (Å²) in [5, 5.41) is 3.46. The third kappa shape index (κ3) is 2.05. The van der Waals surface area contributed by atoms with Crippen LogP contribution in [-0.2, 0) is 4.74 Å². The summed E-state index contributed by atoms with van der Waals surface area (Å²) < 4.78 is 5.51. The molecule has 0 amide bonds. The number of hydrogen-bond donors (Lipinski definition) is 1. The first-order valence-corrected chi connectivity index (χ1v) is 6.14. The van der Waals surface area contributed by atoms with E-state index in [1.807, 2.05) is 7.11 Å². The largest absolute Gasteiger partial charge is 0.381 e. The van der Waals surface area contributed by atoms with Crippen molar-refractivity contribution in [3.8, 4) is 0 Å².